The third-order valence-electron chi connectivity index (χ3n) is 5.95. The lowest BCUT2D eigenvalue weighted by molar-refractivity contribution is 0.712. The van der Waals surface area contributed by atoms with E-state index in [1.807, 2.05) is 42.3 Å². The first-order valence-corrected chi connectivity index (χ1v) is 10.9. The SMILES string of the molecule is Cl.Cn1cccc1-c1ccc2ncnc(Nc3ccc4c(cnn4Cc4ccccc4)c3)c2c1. The topological polar surface area (TPSA) is 60.6 Å². The van der Waals surface area contributed by atoms with E-state index in [9.17, 15) is 0 Å². The van der Waals surface area contributed by atoms with Crippen LogP contribution in [0.3, 0.4) is 0 Å². The minimum absolute atomic E-state index is 0. The molecule has 0 atom stereocenters. The highest BCUT2D eigenvalue weighted by molar-refractivity contribution is 5.94. The van der Waals surface area contributed by atoms with E-state index in [0.717, 1.165) is 51.1 Å². The number of aromatic nitrogens is 5. The van der Waals surface area contributed by atoms with Gasteiger partial charge in [-0.2, -0.15) is 5.10 Å². The number of benzene rings is 3. The van der Waals surface area contributed by atoms with Crippen LogP contribution in [-0.2, 0) is 13.6 Å². The molecule has 0 radical (unpaired) electrons. The number of nitrogens with zero attached hydrogens (tertiary/aromatic N) is 5. The van der Waals surface area contributed by atoms with Crippen LogP contribution in [0.1, 0.15) is 5.56 Å². The van der Waals surface area contributed by atoms with Crippen molar-refractivity contribution >= 4 is 45.7 Å². The highest BCUT2D eigenvalue weighted by atomic mass is 35.5. The van der Waals surface area contributed by atoms with Gasteiger partial charge < -0.3 is 9.88 Å². The minimum atomic E-state index is 0. The van der Waals surface area contributed by atoms with Gasteiger partial charge in [-0.05, 0) is 53.6 Å². The van der Waals surface area contributed by atoms with Crippen molar-refractivity contribution in [1.29, 1.82) is 0 Å². The summed E-state index contributed by atoms with van der Waals surface area (Å²) in [5.74, 6) is 0.784. The molecule has 0 spiro atoms. The van der Waals surface area contributed by atoms with Gasteiger partial charge >= 0.3 is 0 Å². The van der Waals surface area contributed by atoms with Gasteiger partial charge in [-0.3, -0.25) is 4.68 Å². The molecule has 7 heteroatoms. The van der Waals surface area contributed by atoms with Crippen molar-refractivity contribution in [3.05, 3.63) is 103 Å². The molecule has 0 saturated carbocycles. The molecule has 6 nitrogen and oxygen atoms in total. The lowest BCUT2D eigenvalue weighted by Gasteiger charge is -2.11. The van der Waals surface area contributed by atoms with Gasteiger partial charge in [0, 0.05) is 35.4 Å². The Morgan fingerprint density at radius 1 is 0.882 bits per heavy atom. The molecule has 6 rings (SSSR count). The summed E-state index contributed by atoms with van der Waals surface area (Å²) in [6, 6.07) is 27.1. The molecule has 0 saturated heterocycles. The summed E-state index contributed by atoms with van der Waals surface area (Å²) < 4.78 is 4.14. The Bertz CT molecular complexity index is 1590. The van der Waals surface area contributed by atoms with E-state index in [4.69, 9.17) is 0 Å². The third kappa shape index (κ3) is 4.00. The Hall–Kier alpha value is -4.16. The van der Waals surface area contributed by atoms with E-state index in [-0.39, 0.29) is 12.4 Å². The van der Waals surface area contributed by atoms with Crippen molar-refractivity contribution in [3.8, 4) is 11.3 Å². The lowest BCUT2D eigenvalue weighted by atomic mass is 10.1. The fraction of sp³-hybridized carbons (Fsp3) is 0.0741. The van der Waals surface area contributed by atoms with Crippen molar-refractivity contribution in [3.63, 3.8) is 0 Å². The monoisotopic (exact) mass is 466 g/mol. The standard InChI is InChI=1S/C27H22N6.ClH/c1-32-13-5-8-25(32)20-9-11-24-23(15-20)27(29-18-28-24)31-22-10-12-26-21(14-22)16-30-33(26)17-19-6-3-2-4-7-19;/h2-16,18H,17H2,1H3,(H,28,29,31);1H. The van der Waals surface area contributed by atoms with Gasteiger partial charge in [0.15, 0.2) is 0 Å². The third-order valence-corrected chi connectivity index (χ3v) is 5.95. The molecule has 0 aliphatic carbocycles. The van der Waals surface area contributed by atoms with Crippen molar-refractivity contribution < 1.29 is 0 Å². The van der Waals surface area contributed by atoms with E-state index in [2.05, 4.69) is 85.6 Å². The average molecular weight is 467 g/mol. The number of aryl methyl sites for hydroxylation is 1. The Morgan fingerprint density at radius 2 is 1.76 bits per heavy atom. The molecule has 168 valence electrons. The molecule has 34 heavy (non-hydrogen) atoms. The van der Waals surface area contributed by atoms with Crippen LogP contribution >= 0.6 is 12.4 Å². The number of fused-ring (bicyclic) bond motifs is 2. The second-order valence-electron chi connectivity index (χ2n) is 8.14. The summed E-state index contributed by atoms with van der Waals surface area (Å²) in [5, 5.41) is 10.2. The Morgan fingerprint density at radius 3 is 2.59 bits per heavy atom. The quantitative estimate of drug-likeness (QED) is 0.328. The molecular formula is C27H23ClN6. The number of hydrogen-bond donors (Lipinski definition) is 1. The van der Waals surface area contributed by atoms with Gasteiger partial charge in [0.1, 0.15) is 12.1 Å². The Kier molecular flexibility index (Phi) is 5.74. The molecule has 3 aromatic carbocycles. The van der Waals surface area contributed by atoms with E-state index < -0.39 is 0 Å². The molecule has 0 amide bonds. The van der Waals surface area contributed by atoms with Gasteiger partial charge in [0.25, 0.3) is 0 Å². The predicted molar refractivity (Wildman–Crippen MR) is 140 cm³/mol. The second-order valence-corrected chi connectivity index (χ2v) is 8.14. The number of hydrogen-bond acceptors (Lipinski definition) is 4. The van der Waals surface area contributed by atoms with Crippen LogP contribution < -0.4 is 5.32 Å². The number of anilines is 2. The Labute approximate surface area is 203 Å². The van der Waals surface area contributed by atoms with E-state index in [0.29, 0.717) is 0 Å². The molecular weight excluding hydrogens is 444 g/mol. The minimum Gasteiger partial charge on any atom is -0.351 e. The van der Waals surface area contributed by atoms with Crippen LogP contribution in [0.15, 0.2) is 97.6 Å². The summed E-state index contributed by atoms with van der Waals surface area (Å²) in [7, 11) is 2.05. The molecule has 3 aromatic heterocycles. The first-order chi connectivity index (χ1) is 16.2. The zero-order valence-corrected chi connectivity index (χ0v) is 19.4. The van der Waals surface area contributed by atoms with Gasteiger partial charge in [-0.25, -0.2) is 9.97 Å². The average Bonchev–Trinajstić information content (AvgIpc) is 3.45. The van der Waals surface area contributed by atoms with Crippen LogP contribution in [0, 0.1) is 0 Å². The highest BCUT2D eigenvalue weighted by Gasteiger charge is 2.10. The van der Waals surface area contributed by atoms with Crippen molar-refractivity contribution in [2.24, 2.45) is 7.05 Å². The van der Waals surface area contributed by atoms with Gasteiger partial charge in [-0.1, -0.05) is 36.4 Å². The van der Waals surface area contributed by atoms with Gasteiger partial charge in [-0.15, -0.1) is 12.4 Å². The van der Waals surface area contributed by atoms with E-state index >= 15 is 0 Å². The number of halogens is 1. The molecule has 0 bridgehead atoms. The normalized spacial score (nSPS) is 11.0. The van der Waals surface area contributed by atoms with Crippen LogP contribution in [0.4, 0.5) is 11.5 Å². The van der Waals surface area contributed by atoms with Crippen molar-refractivity contribution in [2.45, 2.75) is 6.54 Å². The number of nitrogens with one attached hydrogen (secondary N) is 1. The zero-order valence-electron chi connectivity index (χ0n) is 18.6. The van der Waals surface area contributed by atoms with Gasteiger partial charge in [0.05, 0.1) is 23.8 Å². The summed E-state index contributed by atoms with van der Waals surface area (Å²) >= 11 is 0. The second kappa shape index (κ2) is 9.00. The molecule has 3 heterocycles. The maximum absolute atomic E-state index is 4.60. The first-order valence-electron chi connectivity index (χ1n) is 10.9. The smallest absolute Gasteiger partial charge is 0.141 e. The fourth-order valence-electron chi connectivity index (χ4n) is 4.26. The zero-order chi connectivity index (χ0) is 22.2. The lowest BCUT2D eigenvalue weighted by Crippen LogP contribution is -2.01. The largest absolute Gasteiger partial charge is 0.351 e. The maximum atomic E-state index is 4.60. The molecule has 0 unspecified atom stereocenters. The summed E-state index contributed by atoms with van der Waals surface area (Å²) in [6.45, 7) is 0.746. The summed E-state index contributed by atoms with van der Waals surface area (Å²) in [6.07, 6.45) is 5.56. The van der Waals surface area contributed by atoms with E-state index in [1.165, 1.54) is 5.56 Å². The predicted octanol–water partition coefficient (Wildman–Crippen LogP) is 6.20. The van der Waals surface area contributed by atoms with Crippen LogP contribution in [0.2, 0.25) is 0 Å². The molecule has 6 aromatic rings. The maximum Gasteiger partial charge on any atom is 0.141 e. The first kappa shape index (κ1) is 21.7. The number of rotatable bonds is 5. The van der Waals surface area contributed by atoms with E-state index in [1.54, 1.807) is 6.33 Å². The molecule has 0 aliphatic heterocycles. The molecule has 0 aliphatic rings. The summed E-state index contributed by atoms with van der Waals surface area (Å²) in [5.41, 5.74) is 6.48. The van der Waals surface area contributed by atoms with Crippen LogP contribution in [0.5, 0.6) is 0 Å². The highest BCUT2D eigenvalue weighted by Crippen LogP contribution is 2.29. The van der Waals surface area contributed by atoms with Crippen molar-refractivity contribution in [1.82, 2.24) is 24.3 Å². The molecule has 1 N–H and O–H groups in total. The van der Waals surface area contributed by atoms with Crippen LogP contribution in [-0.4, -0.2) is 24.3 Å². The van der Waals surface area contributed by atoms with Crippen molar-refractivity contribution in [2.75, 3.05) is 5.32 Å². The molecule has 0 fully saturated rings. The summed E-state index contributed by atoms with van der Waals surface area (Å²) in [4.78, 5) is 8.99. The van der Waals surface area contributed by atoms with Gasteiger partial charge in [0.2, 0.25) is 0 Å². The fourth-order valence-corrected chi connectivity index (χ4v) is 4.26. The Balaban J connectivity index is 0.00000241. The van der Waals surface area contributed by atoms with Crippen LogP contribution in [0.25, 0.3) is 33.1 Å².